The Balaban J connectivity index is 0.00000420. The second-order valence-electron chi connectivity index (χ2n) is 6.62. The Bertz CT molecular complexity index is 615. The lowest BCUT2D eigenvalue weighted by Crippen LogP contribution is -2.39. The standard InChI is InChI=1S/C19H28F3N3O3.HI/c1-23-18(25-8-7-16(12-25)13-27-10-9-26-2)24-11-15-3-5-17(6-4-15)28-14-19(20,21)22;/h3-6,16H,7-14H2,1-2H3,(H,23,24);1H. The zero-order chi connectivity index (χ0) is 20.4. The molecule has 0 aromatic heterocycles. The van der Waals surface area contributed by atoms with Crippen molar-refractivity contribution in [3.63, 3.8) is 0 Å². The van der Waals surface area contributed by atoms with Gasteiger partial charge in [0.2, 0.25) is 0 Å². The summed E-state index contributed by atoms with van der Waals surface area (Å²) in [6.45, 7) is 2.91. The van der Waals surface area contributed by atoms with Crippen molar-refractivity contribution in [2.45, 2.75) is 19.1 Å². The number of hydrogen-bond acceptors (Lipinski definition) is 4. The average molecular weight is 531 g/mol. The first-order chi connectivity index (χ1) is 13.4. The van der Waals surface area contributed by atoms with Gasteiger partial charge in [-0.3, -0.25) is 4.99 Å². The minimum atomic E-state index is -4.34. The Kier molecular flexibility index (Phi) is 11.7. The molecule has 6 nitrogen and oxygen atoms in total. The summed E-state index contributed by atoms with van der Waals surface area (Å²) in [6.07, 6.45) is -3.30. The van der Waals surface area contributed by atoms with Crippen LogP contribution in [-0.4, -0.2) is 70.7 Å². The second-order valence-corrected chi connectivity index (χ2v) is 6.62. The van der Waals surface area contributed by atoms with Crippen LogP contribution in [0.2, 0.25) is 0 Å². The summed E-state index contributed by atoms with van der Waals surface area (Å²) in [6, 6.07) is 6.55. The molecule has 1 aromatic rings. The van der Waals surface area contributed by atoms with Crippen molar-refractivity contribution in [2.24, 2.45) is 10.9 Å². The first kappa shape index (κ1) is 25.8. The van der Waals surface area contributed by atoms with Crippen LogP contribution >= 0.6 is 24.0 Å². The molecule has 10 heteroatoms. The predicted octanol–water partition coefficient (Wildman–Crippen LogP) is 3.31. The SMILES string of the molecule is CN=C(NCc1ccc(OCC(F)(F)F)cc1)N1CCC(COCCOC)C1.I. The molecular formula is C19H29F3IN3O3. The minimum Gasteiger partial charge on any atom is -0.484 e. The van der Waals surface area contributed by atoms with Crippen molar-refractivity contribution in [1.29, 1.82) is 0 Å². The van der Waals surface area contributed by atoms with E-state index in [9.17, 15) is 13.2 Å². The summed E-state index contributed by atoms with van der Waals surface area (Å²) in [7, 11) is 3.39. The Morgan fingerprint density at radius 1 is 1.24 bits per heavy atom. The van der Waals surface area contributed by atoms with Crippen molar-refractivity contribution in [2.75, 3.05) is 53.7 Å². The van der Waals surface area contributed by atoms with Gasteiger partial charge in [0.25, 0.3) is 0 Å². The third kappa shape index (κ3) is 9.85. The van der Waals surface area contributed by atoms with Crippen LogP contribution in [0, 0.1) is 5.92 Å². The number of alkyl halides is 3. The number of nitrogens with one attached hydrogen (secondary N) is 1. The molecule has 1 aliphatic rings. The summed E-state index contributed by atoms with van der Waals surface area (Å²) < 4.78 is 51.8. The van der Waals surface area contributed by atoms with Crippen molar-refractivity contribution in [3.05, 3.63) is 29.8 Å². The number of likely N-dealkylation sites (tertiary alicyclic amines) is 1. The van der Waals surface area contributed by atoms with E-state index in [4.69, 9.17) is 14.2 Å². The van der Waals surface area contributed by atoms with Gasteiger partial charge in [-0.25, -0.2) is 0 Å². The van der Waals surface area contributed by atoms with Gasteiger partial charge in [0, 0.05) is 39.7 Å². The molecule has 0 amide bonds. The van der Waals surface area contributed by atoms with Crippen molar-refractivity contribution < 1.29 is 27.4 Å². The molecule has 1 aromatic carbocycles. The van der Waals surface area contributed by atoms with Gasteiger partial charge in [-0.1, -0.05) is 12.1 Å². The van der Waals surface area contributed by atoms with Crippen LogP contribution in [0.15, 0.2) is 29.3 Å². The highest BCUT2D eigenvalue weighted by atomic mass is 127. The van der Waals surface area contributed by atoms with E-state index in [1.807, 2.05) is 0 Å². The van der Waals surface area contributed by atoms with Crippen molar-refractivity contribution in [1.82, 2.24) is 10.2 Å². The van der Waals surface area contributed by atoms with Gasteiger partial charge in [-0.15, -0.1) is 24.0 Å². The number of hydrogen-bond donors (Lipinski definition) is 1. The fourth-order valence-corrected chi connectivity index (χ4v) is 2.94. The minimum absolute atomic E-state index is 0. The number of nitrogens with zero attached hydrogens (tertiary/aromatic N) is 2. The monoisotopic (exact) mass is 531 g/mol. The molecule has 0 bridgehead atoms. The van der Waals surface area contributed by atoms with Gasteiger partial charge in [0.15, 0.2) is 12.6 Å². The van der Waals surface area contributed by atoms with Crippen LogP contribution in [0.5, 0.6) is 5.75 Å². The summed E-state index contributed by atoms with van der Waals surface area (Å²) in [5.74, 6) is 1.46. The highest BCUT2D eigenvalue weighted by Crippen LogP contribution is 2.19. The fraction of sp³-hybridized carbons (Fsp3) is 0.632. The van der Waals surface area contributed by atoms with Crippen molar-refractivity contribution >= 4 is 29.9 Å². The van der Waals surface area contributed by atoms with E-state index < -0.39 is 12.8 Å². The molecule has 1 N–H and O–H groups in total. The summed E-state index contributed by atoms with van der Waals surface area (Å²) in [4.78, 5) is 6.51. The summed E-state index contributed by atoms with van der Waals surface area (Å²) in [5.41, 5.74) is 0.930. The van der Waals surface area contributed by atoms with E-state index in [0.717, 1.165) is 31.0 Å². The van der Waals surface area contributed by atoms with Crippen LogP contribution in [0.25, 0.3) is 0 Å². The number of methoxy groups -OCH3 is 1. The molecule has 1 saturated heterocycles. The maximum atomic E-state index is 12.2. The van der Waals surface area contributed by atoms with Crippen LogP contribution in [0.4, 0.5) is 13.2 Å². The molecule has 1 heterocycles. The smallest absolute Gasteiger partial charge is 0.422 e. The fourth-order valence-electron chi connectivity index (χ4n) is 2.94. The molecule has 2 rings (SSSR count). The topological polar surface area (TPSA) is 55.3 Å². The molecule has 1 aliphatic heterocycles. The molecule has 166 valence electrons. The molecule has 29 heavy (non-hydrogen) atoms. The Morgan fingerprint density at radius 2 is 1.97 bits per heavy atom. The van der Waals surface area contributed by atoms with Gasteiger partial charge in [-0.2, -0.15) is 13.2 Å². The predicted molar refractivity (Wildman–Crippen MR) is 116 cm³/mol. The van der Waals surface area contributed by atoms with Crippen LogP contribution in [0.3, 0.4) is 0 Å². The summed E-state index contributed by atoms with van der Waals surface area (Å²) in [5, 5.41) is 3.29. The van der Waals surface area contributed by atoms with Gasteiger partial charge in [0.05, 0.1) is 19.8 Å². The van der Waals surface area contributed by atoms with Gasteiger partial charge in [0.1, 0.15) is 5.75 Å². The van der Waals surface area contributed by atoms with E-state index in [-0.39, 0.29) is 29.7 Å². The Hall–Kier alpha value is -1.27. The lowest BCUT2D eigenvalue weighted by molar-refractivity contribution is -0.153. The molecule has 0 radical (unpaired) electrons. The maximum absolute atomic E-state index is 12.2. The molecule has 1 atom stereocenters. The first-order valence-electron chi connectivity index (χ1n) is 9.22. The zero-order valence-electron chi connectivity index (χ0n) is 16.7. The van der Waals surface area contributed by atoms with Crippen molar-refractivity contribution in [3.8, 4) is 5.75 Å². The summed E-state index contributed by atoms with van der Waals surface area (Å²) >= 11 is 0. The van der Waals surface area contributed by atoms with E-state index >= 15 is 0 Å². The van der Waals surface area contributed by atoms with E-state index in [1.54, 1.807) is 26.3 Å². The Morgan fingerprint density at radius 3 is 2.59 bits per heavy atom. The first-order valence-corrected chi connectivity index (χ1v) is 9.22. The van der Waals surface area contributed by atoms with E-state index in [0.29, 0.717) is 32.3 Å². The molecule has 1 unspecified atom stereocenters. The second kappa shape index (κ2) is 13.1. The van der Waals surface area contributed by atoms with Gasteiger partial charge < -0.3 is 24.4 Å². The van der Waals surface area contributed by atoms with Crippen LogP contribution < -0.4 is 10.1 Å². The lowest BCUT2D eigenvalue weighted by Gasteiger charge is -2.22. The van der Waals surface area contributed by atoms with Crippen LogP contribution in [-0.2, 0) is 16.0 Å². The number of aliphatic imine (C=N–C) groups is 1. The number of halogens is 4. The molecule has 0 spiro atoms. The third-order valence-electron chi connectivity index (χ3n) is 4.36. The molecule has 1 fully saturated rings. The maximum Gasteiger partial charge on any atom is 0.422 e. The highest BCUT2D eigenvalue weighted by Gasteiger charge is 2.28. The normalized spacial score (nSPS) is 17.2. The van der Waals surface area contributed by atoms with E-state index in [1.165, 1.54) is 12.1 Å². The number of benzene rings is 1. The molecular weight excluding hydrogens is 502 g/mol. The Labute approximate surface area is 186 Å². The largest absolute Gasteiger partial charge is 0.484 e. The average Bonchev–Trinajstić information content (AvgIpc) is 3.13. The van der Waals surface area contributed by atoms with Crippen LogP contribution in [0.1, 0.15) is 12.0 Å². The molecule has 0 saturated carbocycles. The lowest BCUT2D eigenvalue weighted by atomic mass is 10.1. The number of rotatable bonds is 9. The third-order valence-corrected chi connectivity index (χ3v) is 4.36. The van der Waals surface area contributed by atoms with Gasteiger partial charge >= 0.3 is 6.18 Å². The van der Waals surface area contributed by atoms with E-state index in [2.05, 4.69) is 15.2 Å². The quantitative estimate of drug-likeness (QED) is 0.230. The van der Waals surface area contributed by atoms with Gasteiger partial charge in [-0.05, 0) is 24.1 Å². The number of guanidine groups is 1. The number of ether oxygens (including phenoxy) is 3. The zero-order valence-corrected chi connectivity index (χ0v) is 19.0. The highest BCUT2D eigenvalue weighted by molar-refractivity contribution is 14.0. The molecule has 0 aliphatic carbocycles.